The fourth-order valence-electron chi connectivity index (χ4n) is 9.23. The Morgan fingerprint density at radius 1 is 0.356 bits per heavy atom. The van der Waals surface area contributed by atoms with Crippen LogP contribution in [-0.4, -0.2) is 15.0 Å². The summed E-state index contributed by atoms with van der Waals surface area (Å²) in [6, 6.07) is 61.4. The van der Waals surface area contributed by atoms with Gasteiger partial charge in [-0.1, -0.05) is 147 Å². The Balaban J connectivity index is 1.06. The number of hydrogen-bond donors (Lipinski definition) is 0. The summed E-state index contributed by atoms with van der Waals surface area (Å²) < 4.78 is 13.1. The number of rotatable bonds is 5. The fraction of sp³-hybridized carbons (Fsp3) is 0.0556. The van der Waals surface area contributed by atoms with Crippen LogP contribution < -0.4 is 0 Å². The van der Waals surface area contributed by atoms with Crippen molar-refractivity contribution in [3.05, 3.63) is 187 Å². The SMILES string of the molecule is CC1(C)c2ccccc2-c2cc(-c3ccc4oc5cccc(-c6nc(-c7cccc(-c8ccccc8)c7)nc(-c7cccc8c7oc7ccccc78)n6)c5c4c3)ccc21. The molecule has 3 aromatic heterocycles. The van der Waals surface area contributed by atoms with E-state index in [1.165, 1.54) is 22.3 Å². The lowest BCUT2D eigenvalue weighted by Gasteiger charge is -2.21. The molecule has 278 valence electrons. The van der Waals surface area contributed by atoms with Gasteiger partial charge in [0.15, 0.2) is 17.5 Å². The Morgan fingerprint density at radius 3 is 1.86 bits per heavy atom. The van der Waals surface area contributed by atoms with Gasteiger partial charge in [-0.2, -0.15) is 0 Å². The molecule has 0 bridgehead atoms. The number of hydrogen-bond acceptors (Lipinski definition) is 5. The summed E-state index contributed by atoms with van der Waals surface area (Å²) in [5.74, 6) is 1.66. The molecule has 1 aliphatic rings. The van der Waals surface area contributed by atoms with E-state index in [4.69, 9.17) is 23.8 Å². The van der Waals surface area contributed by atoms with Gasteiger partial charge in [0, 0.05) is 38.1 Å². The lowest BCUT2D eigenvalue weighted by atomic mass is 9.82. The molecule has 0 radical (unpaired) electrons. The van der Waals surface area contributed by atoms with Gasteiger partial charge in [0.2, 0.25) is 0 Å². The lowest BCUT2D eigenvalue weighted by molar-refractivity contribution is 0.660. The third-order valence-electron chi connectivity index (χ3n) is 12.2. The minimum absolute atomic E-state index is 0.0505. The van der Waals surface area contributed by atoms with Crippen LogP contribution in [0, 0.1) is 0 Å². The monoisotopic (exact) mass is 757 g/mol. The van der Waals surface area contributed by atoms with Crippen molar-refractivity contribution in [3.8, 4) is 67.5 Å². The molecule has 0 amide bonds. The van der Waals surface area contributed by atoms with Gasteiger partial charge in [0.25, 0.3) is 0 Å². The van der Waals surface area contributed by atoms with Crippen molar-refractivity contribution in [3.63, 3.8) is 0 Å². The molecule has 59 heavy (non-hydrogen) atoms. The van der Waals surface area contributed by atoms with Crippen LogP contribution in [0.1, 0.15) is 25.0 Å². The first-order valence-electron chi connectivity index (χ1n) is 20.0. The first-order chi connectivity index (χ1) is 29.0. The number of aromatic nitrogens is 3. The third kappa shape index (κ3) is 5.21. The summed E-state index contributed by atoms with van der Waals surface area (Å²) in [6.07, 6.45) is 0. The smallest absolute Gasteiger partial charge is 0.167 e. The van der Waals surface area contributed by atoms with E-state index in [1.807, 2.05) is 48.5 Å². The molecule has 1 aliphatic carbocycles. The molecule has 0 saturated heterocycles. The topological polar surface area (TPSA) is 65.0 Å². The van der Waals surface area contributed by atoms with Crippen molar-refractivity contribution in [1.82, 2.24) is 15.0 Å². The van der Waals surface area contributed by atoms with Gasteiger partial charge >= 0.3 is 0 Å². The maximum Gasteiger partial charge on any atom is 0.167 e. The van der Waals surface area contributed by atoms with Crippen molar-refractivity contribution in [2.24, 2.45) is 0 Å². The molecule has 0 unspecified atom stereocenters. The van der Waals surface area contributed by atoms with E-state index in [0.717, 1.165) is 82.8 Å². The van der Waals surface area contributed by atoms with E-state index in [0.29, 0.717) is 17.5 Å². The zero-order chi connectivity index (χ0) is 39.2. The average Bonchev–Trinajstić information content (AvgIpc) is 3.94. The summed E-state index contributed by atoms with van der Waals surface area (Å²) >= 11 is 0. The molecule has 11 aromatic rings. The lowest BCUT2D eigenvalue weighted by Crippen LogP contribution is -2.14. The van der Waals surface area contributed by atoms with E-state index in [2.05, 4.69) is 141 Å². The molecule has 0 atom stereocenters. The number of furan rings is 2. The van der Waals surface area contributed by atoms with Gasteiger partial charge in [0.1, 0.15) is 22.3 Å². The maximum atomic E-state index is 6.55. The van der Waals surface area contributed by atoms with E-state index in [9.17, 15) is 0 Å². The normalized spacial score (nSPS) is 13.1. The van der Waals surface area contributed by atoms with Crippen LogP contribution in [0.4, 0.5) is 0 Å². The van der Waals surface area contributed by atoms with Crippen molar-refractivity contribution < 1.29 is 8.83 Å². The Labute approximate surface area is 340 Å². The second-order valence-electron chi connectivity index (χ2n) is 16.0. The van der Waals surface area contributed by atoms with E-state index in [-0.39, 0.29) is 5.41 Å². The Kier molecular flexibility index (Phi) is 7.20. The highest BCUT2D eigenvalue weighted by Gasteiger charge is 2.35. The molecular formula is C54H35N3O2. The highest BCUT2D eigenvalue weighted by Crippen LogP contribution is 2.50. The number of para-hydroxylation sites is 2. The minimum Gasteiger partial charge on any atom is -0.456 e. The first-order valence-corrected chi connectivity index (χ1v) is 20.0. The number of nitrogens with zero attached hydrogens (tertiary/aromatic N) is 3. The number of fused-ring (bicyclic) bond motifs is 9. The largest absolute Gasteiger partial charge is 0.456 e. The molecule has 0 fully saturated rings. The summed E-state index contributed by atoms with van der Waals surface area (Å²) in [6.45, 7) is 4.63. The quantitative estimate of drug-likeness (QED) is 0.175. The van der Waals surface area contributed by atoms with Crippen molar-refractivity contribution in [2.75, 3.05) is 0 Å². The predicted octanol–water partition coefficient (Wildman–Crippen LogP) is 14.3. The summed E-state index contributed by atoms with van der Waals surface area (Å²) in [5, 5.41) is 4.03. The first kappa shape index (κ1) is 33.5. The molecule has 8 aromatic carbocycles. The summed E-state index contributed by atoms with van der Waals surface area (Å²) in [5.41, 5.74) is 15.5. The van der Waals surface area contributed by atoms with Crippen LogP contribution in [0.5, 0.6) is 0 Å². The van der Waals surface area contributed by atoms with Crippen molar-refractivity contribution in [2.45, 2.75) is 19.3 Å². The van der Waals surface area contributed by atoms with Gasteiger partial charge in [-0.25, -0.2) is 15.0 Å². The predicted molar refractivity (Wildman–Crippen MR) is 239 cm³/mol. The Bertz CT molecular complexity index is 3480. The molecule has 0 saturated carbocycles. The zero-order valence-electron chi connectivity index (χ0n) is 32.4. The molecule has 12 rings (SSSR count). The fourth-order valence-corrected chi connectivity index (χ4v) is 9.23. The minimum atomic E-state index is -0.0505. The molecule has 0 N–H and O–H groups in total. The van der Waals surface area contributed by atoms with Crippen LogP contribution >= 0.6 is 0 Å². The molecular weight excluding hydrogens is 723 g/mol. The van der Waals surface area contributed by atoms with Gasteiger partial charge in [0.05, 0.1) is 5.56 Å². The zero-order valence-corrected chi connectivity index (χ0v) is 32.4. The van der Waals surface area contributed by atoms with Crippen LogP contribution in [-0.2, 0) is 5.41 Å². The third-order valence-corrected chi connectivity index (χ3v) is 12.2. The van der Waals surface area contributed by atoms with Crippen LogP contribution in [0.15, 0.2) is 185 Å². The summed E-state index contributed by atoms with van der Waals surface area (Å²) in [4.78, 5) is 15.7. The van der Waals surface area contributed by atoms with Gasteiger partial charge in [-0.05, 0) is 87.0 Å². The maximum absolute atomic E-state index is 6.55. The summed E-state index contributed by atoms with van der Waals surface area (Å²) in [7, 11) is 0. The number of benzene rings is 8. The van der Waals surface area contributed by atoms with E-state index in [1.54, 1.807) is 0 Å². The second kappa shape index (κ2) is 12.7. The standard InChI is InChI=1S/C54H35N3O2/c1-54(2)44-22-8-6-17-37(44)42-30-34(25-27-45(42)54)35-26-28-47-43(31-35)49-40(20-12-24-48(49)58-47)52-55-51(36-16-10-15-33(29-36)32-13-4-3-5-14-32)56-53(57-52)41-21-11-19-39-38-18-7-9-23-46(38)59-50(39)41/h3-31H,1-2H3. The highest BCUT2D eigenvalue weighted by molar-refractivity contribution is 6.13. The molecule has 0 spiro atoms. The molecule has 5 heteroatoms. The molecule has 3 heterocycles. The second-order valence-corrected chi connectivity index (χ2v) is 16.0. The van der Waals surface area contributed by atoms with E-state index < -0.39 is 0 Å². The van der Waals surface area contributed by atoms with E-state index >= 15 is 0 Å². The van der Waals surface area contributed by atoms with Crippen LogP contribution in [0.3, 0.4) is 0 Å². The average molecular weight is 758 g/mol. The highest BCUT2D eigenvalue weighted by atomic mass is 16.3. The van der Waals surface area contributed by atoms with Crippen molar-refractivity contribution >= 4 is 43.9 Å². The van der Waals surface area contributed by atoms with Gasteiger partial charge in [-0.15, -0.1) is 0 Å². The van der Waals surface area contributed by atoms with Crippen molar-refractivity contribution in [1.29, 1.82) is 0 Å². The Hall–Kier alpha value is -7.63. The Morgan fingerprint density at radius 2 is 0.949 bits per heavy atom. The van der Waals surface area contributed by atoms with Gasteiger partial charge < -0.3 is 8.83 Å². The molecule has 0 aliphatic heterocycles. The van der Waals surface area contributed by atoms with Gasteiger partial charge in [-0.3, -0.25) is 0 Å². The molecule has 5 nitrogen and oxygen atoms in total. The van der Waals surface area contributed by atoms with Crippen LogP contribution in [0.2, 0.25) is 0 Å². The van der Waals surface area contributed by atoms with Crippen LogP contribution in [0.25, 0.3) is 111 Å².